The van der Waals surface area contributed by atoms with Crippen LogP contribution in [0.4, 0.5) is 0 Å². The minimum atomic E-state index is 0.150. The van der Waals surface area contributed by atoms with Crippen molar-refractivity contribution in [2.24, 2.45) is 17.1 Å². The van der Waals surface area contributed by atoms with Gasteiger partial charge in [-0.05, 0) is 61.0 Å². The van der Waals surface area contributed by atoms with Gasteiger partial charge in [-0.1, -0.05) is 45.0 Å². The van der Waals surface area contributed by atoms with Crippen LogP contribution < -0.4 is 5.73 Å². The third-order valence-corrected chi connectivity index (χ3v) is 4.88. The second kappa shape index (κ2) is 5.66. The second-order valence-corrected chi connectivity index (χ2v) is 7.33. The minimum Gasteiger partial charge on any atom is -0.324 e. The molecule has 2 N–H and O–H groups in total. The van der Waals surface area contributed by atoms with E-state index in [1.165, 1.54) is 36.8 Å². The highest BCUT2D eigenvalue weighted by atomic mass is 14.6. The van der Waals surface area contributed by atoms with Crippen molar-refractivity contribution in [2.75, 3.05) is 0 Å². The van der Waals surface area contributed by atoms with Gasteiger partial charge >= 0.3 is 0 Å². The molecule has 1 heteroatoms. The molecular formula is C18H29N. The molecule has 19 heavy (non-hydrogen) atoms. The molecule has 0 heterocycles. The van der Waals surface area contributed by atoms with Crippen LogP contribution in [0.2, 0.25) is 0 Å². The minimum absolute atomic E-state index is 0.150. The molecule has 0 bridgehead atoms. The van der Waals surface area contributed by atoms with Crippen LogP contribution in [0.3, 0.4) is 0 Å². The van der Waals surface area contributed by atoms with E-state index in [9.17, 15) is 0 Å². The van der Waals surface area contributed by atoms with E-state index < -0.39 is 0 Å². The zero-order valence-electron chi connectivity index (χ0n) is 12.9. The largest absolute Gasteiger partial charge is 0.324 e. The Balaban J connectivity index is 2.10. The Morgan fingerprint density at radius 2 is 1.63 bits per heavy atom. The van der Waals surface area contributed by atoms with Crippen LogP contribution in [0.5, 0.6) is 0 Å². The molecule has 1 aromatic rings. The van der Waals surface area contributed by atoms with Gasteiger partial charge in [-0.25, -0.2) is 0 Å². The van der Waals surface area contributed by atoms with Crippen LogP contribution in [-0.4, -0.2) is 0 Å². The van der Waals surface area contributed by atoms with Crippen LogP contribution in [-0.2, 0) is 0 Å². The Bertz CT molecular complexity index is 406. The highest BCUT2D eigenvalue weighted by Crippen LogP contribution is 2.44. The summed E-state index contributed by atoms with van der Waals surface area (Å²) in [5.41, 5.74) is 9.43. The number of hydrogen-bond donors (Lipinski definition) is 1. The van der Waals surface area contributed by atoms with Crippen molar-refractivity contribution in [3.63, 3.8) is 0 Å². The van der Waals surface area contributed by atoms with Crippen molar-refractivity contribution in [3.8, 4) is 0 Å². The van der Waals surface area contributed by atoms with Gasteiger partial charge in [-0.3, -0.25) is 0 Å². The topological polar surface area (TPSA) is 26.0 Å². The molecule has 1 nitrogen and oxygen atoms in total. The summed E-state index contributed by atoms with van der Waals surface area (Å²) in [5, 5.41) is 0. The lowest BCUT2D eigenvalue weighted by atomic mass is 9.68. The average molecular weight is 259 g/mol. The van der Waals surface area contributed by atoms with Crippen LogP contribution in [0.1, 0.15) is 76.5 Å². The predicted molar refractivity (Wildman–Crippen MR) is 83.2 cm³/mol. The summed E-state index contributed by atoms with van der Waals surface area (Å²) < 4.78 is 0. The zero-order valence-corrected chi connectivity index (χ0v) is 12.9. The molecule has 1 saturated carbocycles. The van der Waals surface area contributed by atoms with E-state index in [0.717, 1.165) is 11.8 Å². The second-order valence-electron chi connectivity index (χ2n) is 7.33. The maximum Gasteiger partial charge on any atom is 0.0268 e. The number of rotatable bonds is 2. The summed E-state index contributed by atoms with van der Waals surface area (Å²) in [6.45, 7) is 9.25. The third-order valence-electron chi connectivity index (χ3n) is 4.88. The molecule has 106 valence electrons. The Kier molecular flexibility index (Phi) is 4.35. The Labute approximate surface area is 118 Å². The molecule has 1 aliphatic carbocycles. The van der Waals surface area contributed by atoms with Crippen molar-refractivity contribution >= 4 is 0 Å². The SMILES string of the molecule is CC(N)c1ccccc1C1CCC(C(C)(C)C)CC1. The van der Waals surface area contributed by atoms with Gasteiger partial charge in [0.25, 0.3) is 0 Å². The first-order chi connectivity index (χ1) is 8.89. The third kappa shape index (κ3) is 3.39. The van der Waals surface area contributed by atoms with Crippen LogP contribution in [0, 0.1) is 11.3 Å². The molecule has 1 atom stereocenters. The van der Waals surface area contributed by atoms with Gasteiger partial charge in [0.2, 0.25) is 0 Å². The fourth-order valence-corrected chi connectivity index (χ4v) is 3.57. The quantitative estimate of drug-likeness (QED) is 0.792. The normalized spacial score (nSPS) is 26.2. The Morgan fingerprint density at radius 3 is 2.16 bits per heavy atom. The van der Waals surface area contributed by atoms with Crippen molar-refractivity contribution < 1.29 is 0 Å². The average Bonchev–Trinajstić information content (AvgIpc) is 2.38. The first-order valence-electron chi connectivity index (χ1n) is 7.74. The molecule has 0 amide bonds. The number of nitrogens with two attached hydrogens (primary N) is 1. The van der Waals surface area contributed by atoms with E-state index in [0.29, 0.717) is 5.41 Å². The maximum atomic E-state index is 6.12. The van der Waals surface area contributed by atoms with Crippen molar-refractivity contribution in [1.29, 1.82) is 0 Å². The molecule has 0 radical (unpaired) electrons. The number of hydrogen-bond acceptors (Lipinski definition) is 1. The first kappa shape index (κ1) is 14.6. The van der Waals surface area contributed by atoms with Gasteiger partial charge in [-0.2, -0.15) is 0 Å². The summed E-state index contributed by atoms with van der Waals surface area (Å²) in [6, 6.07) is 8.92. The molecule has 1 aliphatic rings. The van der Waals surface area contributed by atoms with Crippen LogP contribution in [0.15, 0.2) is 24.3 Å². The lowest BCUT2D eigenvalue weighted by Crippen LogP contribution is -2.25. The van der Waals surface area contributed by atoms with Gasteiger partial charge in [0.1, 0.15) is 0 Å². The smallest absolute Gasteiger partial charge is 0.0268 e. The van der Waals surface area contributed by atoms with E-state index in [2.05, 4.69) is 52.0 Å². The molecule has 0 aromatic heterocycles. The number of benzene rings is 1. The highest BCUT2D eigenvalue weighted by molar-refractivity contribution is 5.32. The van der Waals surface area contributed by atoms with E-state index in [4.69, 9.17) is 5.73 Å². The fraction of sp³-hybridized carbons (Fsp3) is 0.667. The van der Waals surface area contributed by atoms with E-state index in [-0.39, 0.29) is 6.04 Å². The van der Waals surface area contributed by atoms with Gasteiger partial charge in [-0.15, -0.1) is 0 Å². The molecule has 1 unspecified atom stereocenters. The molecule has 1 fully saturated rings. The lowest BCUT2D eigenvalue weighted by Gasteiger charge is -2.37. The predicted octanol–water partition coefficient (Wildman–Crippen LogP) is 5.03. The zero-order chi connectivity index (χ0) is 14.0. The van der Waals surface area contributed by atoms with E-state index >= 15 is 0 Å². The molecule has 1 aromatic carbocycles. The molecule has 0 aliphatic heterocycles. The maximum absolute atomic E-state index is 6.12. The summed E-state index contributed by atoms with van der Waals surface area (Å²) >= 11 is 0. The summed E-state index contributed by atoms with van der Waals surface area (Å²) in [4.78, 5) is 0. The van der Waals surface area contributed by atoms with Gasteiger partial charge in [0, 0.05) is 6.04 Å². The summed E-state index contributed by atoms with van der Waals surface area (Å²) in [7, 11) is 0. The van der Waals surface area contributed by atoms with Crippen LogP contribution in [0.25, 0.3) is 0 Å². The Morgan fingerprint density at radius 1 is 1.05 bits per heavy atom. The monoisotopic (exact) mass is 259 g/mol. The Hall–Kier alpha value is -0.820. The summed E-state index contributed by atoms with van der Waals surface area (Å²) in [5.74, 6) is 1.60. The van der Waals surface area contributed by atoms with Gasteiger partial charge in [0.05, 0.1) is 0 Å². The van der Waals surface area contributed by atoms with Gasteiger partial charge < -0.3 is 5.73 Å². The molecule has 0 saturated heterocycles. The standard InChI is InChI=1S/C18H29N/c1-13(19)16-7-5-6-8-17(16)14-9-11-15(12-10-14)18(2,3)4/h5-8,13-15H,9-12,19H2,1-4H3. The highest BCUT2D eigenvalue weighted by Gasteiger charge is 2.30. The lowest BCUT2D eigenvalue weighted by molar-refractivity contribution is 0.169. The molecule has 0 spiro atoms. The van der Waals surface area contributed by atoms with Crippen molar-refractivity contribution in [3.05, 3.63) is 35.4 Å². The van der Waals surface area contributed by atoms with E-state index in [1.807, 2.05) is 0 Å². The summed E-state index contributed by atoms with van der Waals surface area (Å²) in [6.07, 6.45) is 5.38. The van der Waals surface area contributed by atoms with E-state index in [1.54, 1.807) is 0 Å². The van der Waals surface area contributed by atoms with Crippen molar-refractivity contribution in [2.45, 2.75) is 65.3 Å². The first-order valence-corrected chi connectivity index (χ1v) is 7.74. The van der Waals surface area contributed by atoms with Gasteiger partial charge in [0.15, 0.2) is 0 Å². The fourth-order valence-electron chi connectivity index (χ4n) is 3.57. The van der Waals surface area contributed by atoms with Crippen molar-refractivity contribution in [1.82, 2.24) is 0 Å². The van der Waals surface area contributed by atoms with Crippen LogP contribution >= 0.6 is 0 Å². The molecular weight excluding hydrogens is 230 g/mol. The molecule has 2 rings (SSSR count).